The number of aliphatic hydroxyl groups excluding tert-OH is 6. The monoisotopic (exact) mass is 859 g/mol. The van der Waals surface area contributed by atoms with Gasteiger partial charge >= 0.3 is 29.3 Å². The molecule has 22 nitrogen and oxygen atoms in total. The van der Waals surface area contributed by atoms with Crippen LogP contribution < -0.4 is 9.47 Å². The van der Waals surface area contributed by atoms with Crippen LogP contribution in [0.5, 0.6) is 40.2 Å². The highest BCUT2D eigenvalue weighted by Gasteiger charge is 2.48. The molecular formula is C39H39O22+. The Balaban J connectivity index is 1.31. The predicted octanol–water partition coefficient (Wildman–Crippen LogP) is -0.444. The van der Waals surface area contributed by atoms with E-state index in [0.717, 1.165) is 36.4 Å². The Bertz CT molecular complexity index is 2250. The van der Waals surface area contributed by atoms with E-state index < -0.39 is 133 Å². The zero-order valence-electron chi connectivity index (χ0n) is 31.2. The number of aliphatic carboxylic acids is 1. The number of ether oxygens (including phenoxy) is 6. The van der Waals surface area contributed by atoms with Crippen molar-refractivity contribution >= 4 is 35.0 Å². The number of rotatable bonds is 13. The minimum absolute atomic E-state index is 0.00234. The summed E-state index contributed by atoms with van der Waals surface area (Å²) in [6, 6.07) is 10.9. The number of benzene rings is 3. The Kier molecular flexibility index (Phi) is 13.3. The molecule has 0 radical (unpaired) electrons. The van der Waals surface area contributed by atoms with Gasteiger partial charge in [-0.3, -0.25) is 9.59 Å². The Labute approximate surface area is 342 Å². The van der Waals surface area contributed by atoms with E-state index in [4.69, 9.17) is 37.9 Å². The second-order valence-corrected chi connectivity index (χ2v) is 13.7. The van der Waals surface area contributed by atoms with Crippen LogP contribution in [0.25, 0.3) is 28.4 Å². The van der Waals surface area contributed by atoms with Crippen molar-refractivity contribution in [3.63, 3.8) is 0 Å². The van der Waals surface area contributed by atoms with E-state index >= 15 is 0 Å². The van der Waals surface area contributed by atoms with Gasteiger partial charge in [-0.25, -0.2) is 9.21 Å². The van der Waals surface area contributed by atoms with E-state index in [2.05, 4.69) is 0 Å². The first kappa shape index (κ1) is 44.1. The number of fused-ring (bicyclic) bond motifs is 1. The van der Waals surface area contributed by atoms with Crippen LogP contribution in [0.1, 0.15) is 12.0 Å². The summed E-state index contributed by atoms with van der Waals surface area (Å²) in [7, 11) is 0. The van der Waals surface area contributed by atoms with Crippen LogP contribution in [0.2, 0.25) is 0 Å². The molecule has 2 aliphatic heterocycles. The summed E-state index contributed by atoms with van der Waals surface area (Å²) in [5, 5.41) is 124. The SMILES string of the molecule is O=C(O)CC(=O)OC[C@H]1O[C@@H](Oc2cc(O)cc3[o+]c(-c4cc(O)c(O)c(O)c4)c(O[C@@H]4O[C@H](COC(=O)/C=C/c5ccc(O)cc5)[C@@H](O)[C@H](O)[C@H]4O)cc23)[C@H](O)[C@@H](O)[C@@H]1O. The molecule has 0 bridgehead atoms. The number of hydrogen-bond acceptors (Lipinski definition) is 20. The lowest BCUT2D eigenvalue weighted by molar-refractivity contribution is -0.278. The number of esters is 2. The van der Waals surface area contributed by atoms with Crippen LogP contribution in [0.3, 0.4) is 0 Å². The van der Waals surface area contributed by atoms with Crippen LogP contribution in [-0.4, -0.2) is 154 Å². The number of phenolic OH excluding ortho intramolecular Hbond substituents is 5. The van der Waals surface area contributed by atoms with Crippen LogP contribution in [-0.2, 0) is 33.3 Å². The number of phenols is 5. The highest BCUT2D eigenvalue weighted by molar-refractivity contribution is 5.90. The van der Waals surface area contributed by atoms with Crippen LogP contribution in [0.15, 0.2) is 65.1 Å². The number of carbonyl (C=O) groups is 3. The molecule has 2 aliphatic rings. The molecule has 12 N–H and O–H groups in total. The molecule has 3 aromatic carbocycles. The predicted molar refractivity (Wildman–Crippen MR) is 199 cm³/mol. The summed E-state index contributed by atoms with van der Waals surface area (Å²) >= 11 is 0. The minimum atomic E-state index is -2.02. The van der Waals surface area contributed by atoms with Crippen molar-refractivity contribution in [2.24, 2.45) is 0 Å². The topological polar surface area (TPSA) is 361 Å². The Morgan fingerprint density at radius 1 is 0.656 bits per heavy atom. The fourth-order valence-corrected chi connectivity index (χ4v) is 6.16. The highest BCUT2D eigenvalue weighted by atomic mass is 16.7. The number of carboxylic acids is 1. The normalized spacial score (nSPS) is 26.5. The van der Waals surface area contributed by atoms with Gasteiger partial charge in [-0.2, -0.15) is 0 Å². The molecule has 2 saturated heterocycles. The Hall–Kier alpha value is -6.50. The molecule has 61 heavy (non-hydrogen) atoms. The molecule has 2 fully saturated rings. The first-order valence-corrected chi connectivity index (χ1v) is 18.0. The van der Waals surface area contributed by atoms with Gasteiger partial charge in [-0.15, -0.1) is 0 Å². The third-order valence-corrected chi connectivity index (χ3v) is 9.35. The molecule has 22 heteroatoms. The third kappa shape index (κ3) is 10.1. The van der Waals surface area contributed by atoms with Crippen molar-refractivity contribution in [1.29, 1.82) is 0 Å². The van der Waals surface area contributed by atoms with Gasteiger partial charge in [0.2, 0.25) is 18.3 Å². The van der Waals surface area contributed by atoms with E-state index in [1.165, 1.54) is 30.3 Å². The van der Waals surface area contributed by atoms with Crippen molar-refractivity contribution in [1.82, 2.24) is 0 Å². The second-order valence-electron chi connectivity index (χ2n) is 13.7. The maximum absolute atomic E-state index is 12.5. The minimum Gasteiger partial charge on any atom is -0.508 e. The van der Waals surface area contributed by atoms with Gasteiger partial charge in [0.15, 0.2) is 17.2 Å². The summed E-state index contributed by atoms with van der Waals surface area (Å²) in [5.74, 6) is -7.96. The third-order valence-electron chi connectivity index (χ3n) is 9.35. The molecule has 0 amide bonds. The lowest BCUT2D eigenvalue weighted by Gasteiger charge is -2.40. The number of hydrogen-bond donors (Lipinski definition) is 12. The molecule has 6 rings (SSSR count). The zero-order chi connectivity index (χ0) is 44.3. The van der Waals surface area contributed by atoms with E-state index in [0.29, 0.717) is 5.56 Å². The zero-order valence-corrected chi connectivity index (χ0v) is 31.2. The smallest absolute Gasteiger partial charge is 0.402 e. The summed E-state index contributed by atoms with van der Waals surface area (Å²) in [4.78, 5) is 35.2. The highest BCUT2D eigenvalue weighted by Crippen LogP contribution is 2.45. The first-order chi connectivity index (χ1) is 28.9. The van der Waals surface area contributed by atoms with Crippen LogP contribution in [0.4, 0.5) is 0 Å². The van der Waals surface area contributed by atoms with Crippen molar-refractivity contribution in [2.75, 3.05) is 13.2 Å². The van der Waals surface area contributed by atoms with Gasteiger partial charge in [0.05, 0.1) is 11.6 Å². The van der Waals surface area contributed by atoms with Gasteiger partial charge in [-0.05, 0) is 23.8 Å². The van der Waals surface area contributed by atoms with Gasteiger partial charge in [0, 0.05) is 30.3 Å². The van der Waals surface area contributed by atoms with E-state index in [1.54, 1.807) is 0 Å². The lowest BCUT2D eigenvalue weighted by atomic mass is 9.99. The van der Waals surface area contributed by atoms with E-state index in [9.17, 15) is 70.6 Å². The molecule has 10 atom stereocenters. The fourth-order valence-electron chi connectivity index (χ4n) is 6.16. The maximum Gasteiger partial charge on any atom is 0.402 e. The van der Waals surface area contributed by atoms with Crippen LogP contribution in [0, 0.1) is 0 Å². The largest absolute Gasteiger partial charge is 0.508 e. The summed E-state index contributed by atoms with van der Waals surface area (Å²) in [5.41, 5.74) is 0.0857. The Morgan fingerprint density at radius 3 is 1.79 bits per heavy atom. The quantitative estimate of drug-likeness (QED) is 0.0266. The number of aromatic hydroxyl groups is 5. The number of aliphatic hydroxyl groups is 6. The van der Waals surface area contributed by atoms with Crippen LogP contribution >= 0.6 is 0 Å². The molecule has 326 valence electrons. The van der Waals surface area contributed by atoms with Crippen molar-refractivity contribution < 1.29 is 109 Å². The van der Waals surface area contributed by atoms with Gasteiger partial charge < -0.3 is 89.7 Å². The number of carbonyl (C=O) groups excluding carboxylic acids is 2. The van der Waals surface area contributed by atoms with Gasteiger partial charge in [-0.1, -0.05) is 12.1 Å². The van der Waals surface area contributed by atoms with Gasteiger partial charge in [0.25, 0.3) is 0 Å². The number of carboxylic acid groups (broad SMARTS) is 1. The van der Waals surface area contributed by atoms with E-state index in [1.807, 2.05) is 0 Å². The average Bonchev–Trinajstić information content (AvgIpc) is 3.21. The summed E-state index contributed by atoms with van der Waals surface area (Å²) < 4.78 is 39.1. The molecule has 0 spiro atoms. The van der Waals surface area contributed by atoms with Gasteiger partial charge in [0.1, 0.15) is 91.1 Å². The molecule has 0 aliphatic carbocycles. The first-order valence-electron chi connectivity index (χ1n) is 18.0. The average molecular weight is 860 g/mol. The summed E-state index contributed by atoms with van der Waals surface area (Å²) in [6.07, 6.45) is -17.2. The second kappa shape index (κ2) is 18.4. The standard InChI is InChI=1S/C39H38O22/c40-17-4-1-15(2-5-17)3-6-28(46)55-13-25-31(49)34(52)36(54)39(61-25)59-24-11-19-22(57-37(24)16-7-20(42)30(48)21(43)8-16)9-18(41)10-23(19)58-38-35(53)33(51)32(50)26(60-38)14-56-29(47)12-27(44)45/h1-11,25-26,31-36,38-39,49-54H,12-14H2,(H5-,40,41,42,43,44,45,46,48)/p+1/t25-,26-,31-,32-,33+,34+,35-,36-,38-,39-/m1/s1. The fraction of sp³-hybridized carbons (Fsp3) is 0.333. The lowest BCUT2D eigenvalue weighted by Crippen LogP contribution is -2.60. The van der Waals surface area contributed by atoms with Crippen molar-refractivity contribution in [2.45, 2.75) is 67.8 Å². The molecule has 0 saturated carbocycles. The maximum atomic E-state index is 12.5. The molecule has 4 aromatic rings. The van der Waals surface area contributed by atoms with E-state index in [-0.39, 0.29) is 28.0 Å². The molecule has 1 aromatic heterocycles. The Morgan fingerprint density at radius 2 is 1.21 bits per heavy atom. The summed E-state index contributed by atoms with van der Waals surface area (Å²) in [6.45, 7) is -1.47. The van der Waals surface area contributed by atoms with Crippen molar-refractivity contribution in [3.05, 3.63) is 66.2 Å². The molecule has 3 heterocycles. The molecular weight excluding hydrogens is 820 g/mol. The molecule has 0 unspecified atom stereocenters. The van der Waals surface area contributed by atoms with Crippen molar-refractivity contribution in [3.8, 4) is 51.6 Å².